The van der Waals surface area contributed by atoms with Crippen molar-refractivity contribution in [1.29, 1.82) is 0 Å². The Morgan fingerprint density at radius 1 is 1.27 bits per heavy atom. The summed E-state index contributed by atoms with van der Waals surface area (Å²) in [5.74, 6) is -0.546. The number of likely N-dealkylation sites (N-methyl/N-ethyl adjacent to an activating group) is 1. The van der Waals surface area contributed by atoms with Crippen molar-refractivity contribution < 1.29 is 9.59 Å². The average Bonchev–Trinajstić information content (AvgIpc) is 3.31. The van der Waals surface area contributed by atoms with Gasteiger partial charge in [-0.1, -0.05) is 19.1 Å². The fourth-order valence-corrected chi connectivity index (χ4v) is 2.59. The van der Waals surface area contributed by atoms with E-state index in [1.165, 1.54) is 12.8 Å². The van der Waals surface area contributed by atoms with Crippen molar-refractivity contribution in [2.45, 2.75) is 32.2 Å². The third-order valence-corrected chi connectivity index (χ3v) is 4.10. The predicted molar refractivity (Wildman–Crippen MR) is 87.7 cm³/mol. The summed E-state index contributed by atoms with van der Waals surface area (Å²) >= 11 is 0. The summed E-state index contributed by atoms with van der Waals surface area (Å²) in [5, 5.41) is 5.39. The molecule has 1 aliphatic rings. The van der Waals surface area contributed by atoms with Crippen LogP contribution in [0.3, 0.4) is 0 Å². The van der Waals surface area contributed by atoms with E-state index in [2.05, 4.69) is 15.5 Å². The van der Waals surface area contributed by atoms with E-state index < -0.39 is 11.8 Å². The second kappa shape index (κ2) is 7.40. The second-order valence-corrected chi connectivity index (χ2v) is 6.09. The van der Waals surface area contributed by atoms with Crippen molar-refractivity contribution in [3.8, 4) is 0 Å². The molecule has 0 saturated heterocycles. The van der Waals surface area contributed by atoms with E-state index in [4.69, 9.17) is 0 Å². The van der Waals surface area contributed by atoms with E-state index in [0.29, 0.717) is 24.2 Å². The lowest BCUT2D eigenvalue weighted by Gasteiger charge is -2.24. The first-order valence-corrected chi connectivity index (χ1v) is 7.85. The Labute approximate surface area is 132 Å². The molecule has 2 N–H and O–H groups in total. The van der Waals surface area contributed by atoms with Crippen molar-refractivity contribution in [2.75, 3.05) is 26.0 Å². The smallest absolute Gasteiger partial charge is 0.313 e. The Balaban J connectivity index is 1.85. The molecule has 1 saturated carbocycles. The Hall–Kier alpha value is -1.88. The number of aryl methyl sites for hydroxylation is 1. The van der Waals surface area contributed by atoms with Gasteiger partial charge in [-0.2, -0.15) is 0 Å². The summed E-state index contributed by atoms with van der Waals surface area (Å²) < 4.78 is 0. The van der Waals surface area contributed by atoms with Crippen LogP contribution < -0.4 is 10.6 Å². The highest BCUT2D eigenvalue weighted by Gasteiger charge is 2.33. The Morgan fingerprint density at radius 2 is 2.00 bits per heavy atom. The number of nitrogens with zero attached hydrogens (tertiary/aromatic N) is 1. The minimum Gasteiger partial charge on any atom is -0.346 e. The monoisotopic (exact) mass is 303 g/mol. The summed E-state index contributed by atoms with van der Waals surface area (Å²) in [7, 11) is 4.01. The molecule has 5 heteroatoms. The summed E-state index contributed by atoms with van der Waals surface area (Å²) in [5.41, 5.74) is 1.78. The molecule has 0 aliphatic heterocycles. The summed E-state index contributed by atoms with van der Waals surface area (Å²) in [6.45, 7) is 2.56. The van der Waals surface area contributed by atoms with Crippen LogP contribution in [0.15, 0.2) is 24.3 Å². The number of anilines is 1. The van der Waals surface area contributed by atoms with Crippen LogP contribution >= 0.6 is 0 Å². The molecule has 1 aromatic rings. The van der Waals surface area contributed by atoms with Crippen LogP contribution in [0.2, 0.25) is 0 Å². The van der Waals surface area contributed by atoms with Crippen LogP contribution in [0.5, 0.6) is 0 Å². The summed E-state index contributed by atoms with van der Waals surface area (Å²) in [4.78, 5) is 26.0. The number of rotatable bonds is 6. The lowest BCUT2D eigenvalue weighted by atomic mass is 10.1. The van der Waals surface area contributed by atoms with E-state index in [1.54, 1.807) is 6.07 Å². The molecular formula is C17H25N3O2. The fourth-order valence-electron chi connectivity index (χ4n) is 2.59. The molecule has 120 valence electrons. The maximum atomic E-state index is 11.9. The number of carbonyl (C=O) groups is 2. The van der Waals surface area contributed by atoms with E-state index >= 15 is 0 Å². The molecule has 0 radical (unpaired) electrons. The molecule has 0 aromatic heterocycles. The number of amides is 2. The van der Waals surface area contributed by atoms with E-state index in [0.717, 1.165) is 12.0 Å². The number of benzene rings is 1. The molecule has 0 bridgehead atoms. The quantitative estimate of drug-likeness (QED) is 0.786. The zero-order valence-electron chi connectivity index (χ0n) is 13.6. The van der Waals surface area contributed by atoms with Crippen molar-refractivity contribution in [3.63, 3.8) is 0 Å². The van der Waals surface area contributed by atoms with Gasteiger partial charge in [-0.05, 0) is 57.0 Å². The maximum Gasteiger partial charge on any atom is 0.313 e. The second-order valence-electron chi connectivity index (χ2n) is 6.09. The lowest BCUT2D eigenvalue weighted by molar-refractivity contribution is -0.136. The van der Waals surface area contributed by atoms with E-state index in [9.17, 15) is 9.59 Å². The standard InChI is InChI=1S/C17H25N3O2/c1-4-12-6-5-7-14(10-12)19-17(22)16(21)18-11-15(20(2)3)13-8-9-13/h5-7,10,13,15H,4,8-9,11H2,1-3H3,(H,18,21)(H,19,22). The van der Waals surface area contributed by atoms with Gasteiger partial charge >= 0.3 is 11.8 Å². The molecule has 2 rings (SSSR count). The lowest BCUT2D eigenvalue weighted by Crippen LogP contribution is -2.45. The fraction of sp³-hybridized carbons (Fsp3) is 0.529. The third-order valence-electron chi connectivity index (χ3n) is 4.10. The zero-order chi connectivity index (χ0) is 16.1. The van der Waals surface area contributed by atoms with E-state index in [1.807, 2.05) is 39.2 Å². The average molecular weight is 303 g/mol. The van der Waals surface area contributed by atoms with Crippen molar-refractivity contribution >= 4 is 17.5 Å². The summed E-state index contributed by atoms with van der Waals surface area (Å²) in [6.07, 6.45) is 3.30. The molecule has 0 heterocycles. The van der Waals surface area contributed by atoms with Gasteiger partial charge in [-0.15, -0.1) is 0 Å². The molecule has 5 nitrogen and oxygen atoms in total. The molecule has 1 atom stereocenters. The van der Waals surface area contributed by atoms with Gasteiger partial charge in [0.15, 0.2) is 0 Å². The number of hydrogen-bond acceptors (Lipinski definition) is 3. The molecule has 1 unspecified atom stereocenters. The normalized spacial score (nSPS) is 15.5. The van der Waals surface area contributed by atoms with Gasteiger partial charge in [-0.3, -0.25) is 9.59 Å². The first kappa shape index (κ1) is 16.5. The molecule has 2 amide bonds. The number of nitrogens with one attached hydrogen (secondary N) is 2. The molecule has 0 spiro atoms. The first-order chi connectivity index (χ1) is 10.5. The summed E-state index contributed by atoms with van der Waals surface area (Å²) in [6, 6.07) is 7.85. The van der Waals surface area contributed by atoms with Gasteiger partial charge in [-0.25, -0.2) is 0 Å². The first-order valence-electron chi connectivity index (χ1n) is 7.85. The molecule has 1 fully saturated rings. The highest BCUT2D eigenvalue weighted by molar-refractivity contribution is 6.39. The van der Waals surface area contributed by atoms with Crippen LogP contribution in [-0.4, -0.2) is 43.4 Å². The highest BCUT2D eigenvalue weighted by Crippen LogP contribution is 2.34. The van der Waals surface area contributed by atoms with Gasteiger partial charge in [0.05, 0.1) is 0 Å². The molecule has 22 heavy (non-hydrogen) atoms. The SMILES string of the molecule is CCc1cccc(NC(=O)C(=O)NCC(C2CC2)N(C)C)c1. The van der Waals surface area contributed by atoms with Gasteiger partial charge in [0.2, 0.25) is 0 Å². The zero-order valence-corrected chi connectivity index (χ0v) is 13.6. The largest absolute Gasteiger partial charge is 0.346 e. The molecular weight excluding hydrogens is 278 g/mol. The van der Waals surface area contributed by atoms with Crippen LogP contribution in [0.4, 0.5) is 5.69 Å². The van der Waals surface area contributed by atoms with Gasteiger partial charge in [0.25, 0.3) is 0 Å². The van der Waals surface area contributed by atoms with Crippen LogP contribution in [0.25, 0.3) is 0 Å². The number of hydrogen-bond donors (Lipinski definition) is 2. The van der Waals surface area contributed by atoms with Crippen LogP contribution in [-0.2, 0) is 16.0 Å². The van der Waals surface area contributed by atoms with E-state index in [-0.39, 0.29) is 0 Å². The third kappa shape index (κ3) is 4.56. The molecule has 1 aliphatic carbocycles. The van der Waals surface area contributed by atoms with Crippen molar-refractivity contribution in [3.05, 3.63) is 29.8 Å². The Kier molecular flexibility index (Phi) is 5.55. The minimum atomic E-state index is -0.610. The highest BCUT2D eigenvalue weighted by atomic mass is 16.2. The number of carbonyl (C=O) groups excluding carboxylic acids is 2. The Bertz CT molecular complexity index is 536. The predicted octanol–water partition coefficient (Wildman–Crippen LogP) is 1.64. The van der Waals surface area contributed by atoms with Gasteiger partial charge < -0.3 is 15.5 Å². The van der Waals surface area contributed by atoms with Gasteiger partial charge in [0, 0.05) is 18.3 Å². The van der Waals surface area contributed by atoms with Crippen molar-refractivity contribution in [1.82, 2.24) is 10.2 Å². The Morgan fingerprint density at radius 3 is 2.59 bits per heavy atom. The van der Waals surface area contributed by atoms with Crippen LogP contribution in [0.1, 0.15) is 25.3 Å². The van der Waals surface area contributed by atoms with Crippen LogP contribution in [0, 0.1) is 5.92 Å². The van der Waals surface area contributed by atoms with Gasteiger partial charge in [0.1, 0.15) is 0 Å². The minimum absolute atomic E-state index is 0.306. The molecule has 1 aromatic carbocycles. The van der Waals surface area contributed by atoms with Crippen molar-refractivity contribution in [2.24, 2.45) is 5.92 Å². The topological polar surface area (TPSA) is 61.4 Å². The maximum absolute atomic E-state index is 11.9.